The van der Waals surface area contributed by atoms with Crippen molar-refractivity contribution in [2.24, 2.45) is 0 Å². The highest BCUT2D eigenvalue weighted by atomic mass is 35.5. The fraction of sp³-hybridized carbons (Fsp3) is 0.391. The molecule has 2 atom stereocenters. The summed E-state index contributed by atoms with van der Waals surface area (Å²) in [5.41, 5.74) is 1.09. The topological polar surface area (TPSA) is 70.1 Å². The molecule has 0 spiro atoms. The van der Waals surface area contributed by atoms with Gasteiger partial charge < -0.3 is 14.7 Å². The molecule has 1 aliphatic carbocycles. The molecule has 2 aliphatic rings. The van der Waals surface area contributed by atoms with Gasteiger partial charge in [-0.1, -0.05) is 43.0 Å². The predicted octanol–water partition coefficient (Wildman–Crippen LogP) is 5.86. The molecular weight excluding hydrogens is 423 g/mol. The Bertz CT molecular complexity index is 949. The molecule has 0 aromatic heterocycles. The number of carbonyl (C=O) groups excluding carboxylic acids is 1. The van der Waals surface area contributed by atoms with Crippen LogP contribution in [-0.4, -0.2) is 40.9 Å². The van der Waals surface area contributed by atoms with Crippen LogP contribution in [0.15, 0.2) is 48.5 Å². The highest BCUT2D eigenvalue weighted by Crippen LogP contribution is 2.39. The summed E-state index contributed by atoms with van der Waals surface area (Å²) in [6.07, 6.45) is 2.21. The van der Waals surface area contributed by atoms with Gasteiger partial charge in [-0.2, -0.15) is 0 Å². The first-order valence-electron chi connectivity index (χ1n) is 10.4. The molecular formula is C23H24ClFN2O4. The number of hydrogen-bond acceptors (Lipinski definition) is 3. The average molecular weight is 447 g/mol. The minimum atomic E-state index is -1.04. The number of anilines is 1. The standard InChI is InChI=1S/C23H24ClFN2O4/c24-16-9-11-19(12-10-16)27-21(15-5-4-6-17(25)13-15)20(31-23(27)30)14-26(22(28)29)18-7-2-1-3-8-18/h4-6,9-13,18,20-21H,1-3,7-8,14H2,(H,28,29)/t20-,21+/m1/s1. The molecule has 0 radical (unpaired) electrons. The number of carboxylic acid groups (broad SMARTS) is 1. The maximum absolute atomic E-state index is 14.0. The molecule has 1 heterocycles. The van der Waals surface area contributed by atoms with Crippen molar-refractivity contribution in [3.63, 3.8) is 0 Å². The largest absolute Gasteiger partial charge is 0.465 e. The fourth-order valence-corrected chi connectivity index (χ4v) is 4.69. The van der Waals surface area contributed by atoms with Crippen molar-refractivity contribution in [3.05, 3.63) is 64.9 Å². The molecule has 31 heavy (non-hydrogen) atoms. The lowest BCUT2D eigenvalue weighted by molar-refractivity contribution is 0.0627. The molecule has 8 heteroatoms. The van der Waals surface area contributed by atoms with E-state index in [1.807, 2.05) is 0 Å². The van der Waals surface area contributed by atoms with Gasteiger partial charge in [0.05, 0.1) is 6.54 Å². The van der Waals surface area contributed by atoms with Crippen LogP contribution in [0.25, 0.3) is 0 Å². The molecule has 2 fully saturated rings. The summed E-state index contributed by atoms with van der Waals surface area (Å²) in [5, 5.41) is 10.4. The zero-order valence-electron chi connectivity index (χ0n) is 16.9. The molecule has 1 saturated heterocycles. The second kappa shape index (κ2) is 9.14. The molecule has 1 aliphatic heterocycles. The Morgan fingerprint density at radius 2 is 1.87 bits per heavy atom. The highest BCUT2D eigenvalue weighted by Gasteiger charge is 2.45. The van der Waals surface area contributed by atoms with Gasteiger partial charge in [-0.15, -0.1) is 0 Å². The number of benzene rings is 2. The van der Waals surface area contributed by atoms with E-state index >= 15 is 0 Å². The van der Waals surface area contributed by atoms with Gasteiger partial charge in [0.2, 0.25) is 0 Å². The van der Waals surface area contributed by atoms with Gasteiger partial charge in [-0.05, 0) is 54.8 Å². The first kappa shape index (κ1) is 21.4. The van der Waals surface area contributed by atoms with E-state index in [4.69, 9.17) is 16.3 Å². The van der Waals surface area contributed by atoms with Crippen molar-refractivity contribution in [2.75, 3.05) is 11.4 Å². The number of rotatable bonds is 5. The molecule has 2 amide bonds. The van der Waals surface area contributed by atoms with Crippen molar-refractivity contribution < 1.29 is 23.8 Å². The molecule has 6 nitrogen and oxygen atoms in total. The maximum Gasteiger partial charge on any atom is 0.415 e. The first-order valence-corrected chi connectivity index (χ1v) is 10.8. The average Bonchev–Trinajstić information content (AvgIpc) is 3.09. The van der Waals surface area contributed by atoms with Crippen molar-refractivity contribution >= 4 is 29.5 Å². The minimum absolute atomic E-state index is 0.0248. The van der Waals surface area contributed by atoms with E-state index in [1.54, 1.807) is 36.4 Å². The molecule has 1 N–H and O–H groups in total. The predicted molar refractivity (Wildman–Crippen MR) is 115 cm³/mol. The Kier molecular flexibility index (Phi) is 6.32. The normalized spacial score (nSPS) is 21.7. The quantitative estimate of drug-likeness (QED) is 0.624. The van der Waals surface area contributed by atoms with Crippen LogP contribution >= 0.6 is 11.6 Å². The van der Waals surface area contributed by atoms with Crippen LogP contribution in [0.2, 0.25) is 5.02 Å². The van der Waals surface area contributed by atoms with E-state index in [-0.39, 0.29) is 12.6 Å². The number of cyclic esters (lactones) is 1. The van der Waals surface area contributed by atoms with Crippen LogP contribution in [-0.2, 0) is 4.74 Å². The third kappa shape index (κ3) is 4.61. The van der Waals surface area contributed by atoms with Gasteiger partial charge in [-0.3, -0.25) is 4.90 Å². The Balaban J connectivity index is 1.69. The third-order valence-corrected chi connectivity index (χ3v) is 6.26. The lowest BCUT2D eigenvalue weighted by Gasteiger charge is -2.35. The zero-order valence-corrected chi connectivity index (χ0v) is 17.7. The third-order valence-electron chi connectivity index (χ3n) is 6.01. The molecule has 164 valence electrons. The molecule has 1 saturated carbocycles. The number of ether oxygens (including phenoxy) is 1. The Hall–Kier alpha value is -2.80. The fourth-order valence-electron chi connectivity index (χ4n) is 4.56. The number of amides is 2. The monoisotopic (exact) mass is 446 g/mol. The van der Waals surface area contributed by atoms with E-state index in [0.717, 1.165) is 32.1 Å². The van der Waals surface area contributed by atoms with Crippen molar-refractivity contribution in [2.45, 2.75) is 50.3 Å². The molecule has 2 aromatic rings. The van der Waals surface area contributed by atoms with E-state index in [9.17, 15) is 19.1 Å². The Morgan fingerprint density at radius 1 is 1.16 bits per heavy atom. The van der Waals surface area contributed by atoms with Crippen LogP contribution in [0.1, 0.15) is 43.7 Å². The number of hydrogen-bond donors (Lipinski definition) is 1. The minimum Gasteiger partial charge on any atom is -0.465 e. The van der Waals surface area contributed by atoms with Gasteiger partial charge in [0.25, 0.3) is 0 Å². The van der Waals surface area contributed by atoms with Gasteiger partial charge in [0.15, 0.2) is 0 Å². The number of nitrogens with zero attached hydrogens (tertiary/aromatic N) is 2. The van der Waals surface area contributed by atoms with Gasteiger partial charge >= 0.3 is 12.2 Å². The van der Waals surface area contributed by atoms with Crippen LogP contribution in [0, 0.1) is 5.82 Å². The summed E-state index contributed by atoms with van der Waals surface area (Å²) < 4.78 is 19.7. The summed E-state index contributed by atoms with van der Waals surface area (Å²) in [7, 11) is 0. The summed E-state index contributed by atoms with van der Waals surface area (Å²) >= 11 is 5.99. The smallest absolute Gasteiger partial charge is 0.415 e. The van der Waals surface area contributed by atoms with Crippen molar-refractivity contribution in [3.8, 4) is 0 Å². The van der Waals surface area contributed by atoms with Crippen molar-refractivity contribution in [1.29, 1.82) is 0 Å². The van der Waals surface area contributed by atoms with Crippen LogP contribution in [0.4, 0.5) is 19.7 Å². The summed E-state index contributed by atoms with van der Waals surface area (Å²) in [6.45, 7) is 0.0248. The lowest BCUT2D eigenvalue weighted by atomic mass is 9.93. The van der Waals surface area contributed by atoms with Crippen LogP contribution < -0.4 is 4.90 Å². The zero-order chi connectivity index (χ0) is 22.0. The summed E-state index contributed by atoms with van der Waals surface area (Å²) in [6, 6.07) is 11.9. The van der Waals surface area contributed by atoms with Gasteiger partial charge in [-0.25, -0.2) is 14.0 Å². The van der Waals surface area contributed by atoms with Crippen LogP contribution in [0.5, 0.6) is 0 Å². The molecule has 4 rings (SSSR count). The van der Waals surface area contributed by atoms with Gasteiger partial charge in [0.1, 0.15) is 18.0 Å². The molecule has 0 unspecified atom stereocenters. The molecule has 0 bridgehead atoms. The van der Waals surface area contributed by atoms with E-state index < -0.39 is 30.1 Å². The maximum atomic E-state index is 14.0. The Morgan fingerprint density at radius 3 is 2.52 bits per heavy atom. The summed E-state index contributed by atoms with van der Waals surface area (Å²) in [5.74, 6) is -0.436. The number of carbonyl (C=O) groups is 2. The number of halogens is 2. The van der Waals surface area contributed by atoms with E-state index in [2.05, 4.69) is 0 Å². The highest BCUT2D eigenvalue weighted by molar-refractivity contribution is 6.30. The molecule has 2 aromatic carbocycles. The Labute approximate surface area is 185 Å². The van der Waals surface area contributed by atoms with Crippen molar-refractivity contribution in [1.82, 2.24) is 4.90 Å². The van der Waals surface area contributed by atoms with Gasteiger partial charge in [0, 0.05) is 16.8 Å². The second-order valence-electron chi connectivity index (χ2n) is 8.00. The summed E-state index contributed by atoms with van der Waals surface area (Å²) in [4.78, 5) is 27.8. The second-order valence-corrected chi connectivity index (χ2v) is 8.43. The first-order chi connectivity index (χ1) is 14.9. The lowest BCUT2D eigenvalue weighted by Crippen LogP contribution is -2.46. The van der Waals surface area contributed by atoms with E-state index in [1.165, 1.54) is 21.9 Å². The van der Waals surface area contributed by atoms with E-state index in [0.29, 0.717) is 16.3 Å². The van der Waals surface area contributed by atoms with Crippen LogP contribution in [0.3, 0.4) is 0 Å². The SMILES string of the molecule is O=C(O)N(C[C@H]1OC(=O)N(c2ccc(Cl)cc2)[C@H]1c1cccc(F)c1)C1CCCCC1.